The molecule has 1 heterocycles. The van der Waals surface area contributed by atoms with Gasteiger partial charge in [0.15, 0.2) is 0 Å². The van der Waals surface area contributed by atoms with E-state index in [1.165, 1.54) is 35.3 Å². The summed E-state index contributed by atoms with van der Waals surface area (Å²) in [6.45, 7) is 3.04. The molecule has 1 aromatic carbocycles. The SMILES string of the molecule is CNCc1cnn(-c2ccccc2C)c1C1CC1. The fourth-order valence-corrected chi connectivity index (χ4v) is 2.50. The molecule has 3 nitrogen and oxygen atoms in total. The van der Waals surface area contributed by atoms with Gasteiger partial charge < -0.3 is 5.32 Å². The molecular formula is C15H19N3. The highest BCUT2D eigenvalue weighted by Gasteiger charge is 2.30. The first-order valence-corrected chi connectivity index (χ1v) is 6.58. The number of nitrogens with zero attached hydrogens (tertiary/aromatic N) is 2. The molecule has 0 radical (unpaired) electrons. The van der Waals surface area contributed by atoms with Gasteiger partial charge in [0.25, 0.3) is 0 Å². The molecule has 0 spiro atoms. The molecule has 0 saturated heterocycles. The molecule has 0 atom stereocenters. The maximum absolute atomic E-state index is 4.60. The fourth-order valence-electron chi connectivity index (χ4n) is 2.50. The molecule has 3 rings (SSSR count). The summed E-state index contributed by atoms with van der Waals surface area (Å²) in [6, 6.07) is 8.45. The van der Waals surface area contributed by atoms with Crippen LogP contribution in [0, 0.1) is 6.92 Å². The topological polar surface area (TPSA) is 29.9 Å². The minimum Gasteiger partial charge on any atom is -0.316 e. The average Bonchev–Trinajstić information content (AvgIpc) is 3.13. The van der Waals surface area contributed by atoms with Crippen molar-refractivity contribution < 1.29 is 0 Å². The largest absolute Gasteiger partial charge is 0.316 e. The number of rotatable bonds is 4. The standard InChI is InChI=1S/C15H19N3/c1-11-5-3-4-6-14(11)18-15(12-7-8-12)13(9-16-2)10-17-18/h3-6,10,12,16H,7-9H2,1-2H3. The third kappa shape index (κ3) is 1.95. The summed E-state index contributed by atoms with van der Waals surface area (Å²) in [4.78, 5) is 0. The predicted molar refractivity (Wildman–Crippen MR) is 73.0 cm³/mol. The van der Waals surface area contributed by atoms with Crippen LogP contribution < -0.4 is 5.32 Å². The molecule has 0 bridgehead atoms. The number of aryl methyl sites for hydroxylation is 1. The Kier molecular flexibility index (Phi) is 2.92. The van der Waals surface area contributed by atoms with Crippen LogP contribution in [0.2, 0.25) is 0 Å². The molecule has 1 aliphatic rings. The molecule has 1 aromatic heterocycles. The number of para-hydroxylation sites is 1. The maximum atomic E-state index is 4.60. The minimum atomic E-state index is 0.704. The second-order valence-corrected chi connectivity index (χ2v) is 5.06. The Labute approximate surface area is 108 Å². The van der Waals surface area contributed by atoms with Crippen molar-refractivity contribution in [1.82, 2.24) is 15.1 Å². The van der Waals surface area contributed by atoms with Crippen LogP contribution in [0.1, 0.15) is 35.6 Å². The number of benzene rings is 1. The lowest BCUT2D eigenvalue weighted by molar-refractivity contribution is 0.772. The van der Waals surface area contributed by atoms with Gasteiger partial charge in [-0.1, -0.05) is 18.2 Å². The van der Waals surface area contributed by atoms with Crippen LogP contribution in [0.25, 0.3) is 5.69 Å². The van der Waals surface area contributed by atoms with E-state index in [4.69, 9.17) is 0 Å². The molecule has 18 heavy (non-hydrogen) atoms. The first kappa shape index (κ1) is 11.5. The van der Waals surface area contributed by atoms with Crippen molar-refractivity contribution in [2.75, 3.05) is 7.05 Å². The van der Waals surface area contributed by atoms with Gasteiger partial charge in [-0.05, 0) is 38.4 Å². The van der Waals surface area contributed by atoms with Crippen molar-refractivity contribution in [3.8, 4) is 5.69 Å². The Balaban J connectivity index is 2.09. The van der Waals surface area contributed by atoms with Crippen LogP contribution in [0.15, 0.2) is 30.5 Å². The molecule has 0 amide bonds. The van der Waals surface area contributed by atoms with Crippen LogP contribution in [-0.4, -0.2) is 16.8 Å². The van der Waals surface area contributed by atoms with Crippen LogP contribution >= 0.6 is 0 Å². The maximum Gasteiger partial charge on any atom is 0.0678 e. The van der Waals surface area contributed by atoms with Crippen molar-refractivity contribution in [3.05, 3.63) is 47.3 Å². The summed E-state index contributed by atoms with van der Waals surface area (Å²) < 4.78 is 2.14. The van der Waals surface area contributed by atoms with Crippen molar-refractivity contribution in [3.63, 3.8) is 0 Å². The van der Waals surface area contributed by atoms with E-state index in [1.54, 1.807) is 0 Å². The van der Waals surface area contributed by atoms with Gasteiger partial charge in [0.2, 0.25) is 0 Å². The van der Waals surface area contributed by atoms with Crippen molar-refractivity contribution in [2.24, 2.45) is 0 Å². The van der Waals surface area contributed by atoms with Crippen LogP contribution in [-0.2, 0) is 6.54 Å². The molecule has 0 unspecified atom stereocenters. The van der Waals surface area contributed by atoms with E-state index in [9.17, 15) is 0 Å². The second kappa shape index (κ2) is 4.58. The van der Waals surface area contributed by atoms with Crippen LogP contribution in [0.4, 0.5) is 0 Å². The summed E-state index contributed by atoms with van der Waals surface area (Å²) in [5.41, 5.74) is 5.22. The number of hydrogen-bond donors (Lipinski definition) is 1. The Bertz CT molecular complexity index is 553. The van der Waals surface area contributed by atoms with E-state index in [0.717, 1.165) is 6.54 Å². The fraction of sp³-hybridized carbons (Fsp3) is 0.400. The van der Waals surface area contributed by atoms with Gasteiger partial charge in [-0.2, -0.15) is 5.10 Å². The summed E-state index contributed by atoms with van der Waals surface area (Å²) >= 11 is 0. The normalized spacial score (nSPS) is 15.0. The van der Waals surface area contributed by atoms with Gasteiger partial charge in [-0.15, -0.1) is 0 Å². The predicted octanol–water partition coefficient (Wildman–Crippen LogP) is 2.78. The summed E-state index contributed by atoms with van der Waals surface area (Å²) in [7, 11) is 1.99. The molecule has 3 heteroatoms. The van der Waals surface area contributed by atoms with E-state index in [0.29, 0.717) is 5.92 Å². The second-order valence-electron chi connectivity index (χ2n) is 5.06. The highest BCUT2D eigenvalue weighted by molar-refractivity contribution is 5.43. The van der Waals surface area contributed by atoms with Gasteiger partial charge in [0, 0.05) is 18.0 Å². The first-order chi connectivity index (χ1) is 8.81. The number of aromatic nitrogens is 2. The molecule has 0 aliphatic heterocycles. The van der Waals surface area contributed by atoms with E-state index in [2.05, 4.69) is 46.3 Å². The Morgan fingerprint density at radius 2 is 2.11 bits per heavy atom. The Hall–Kier alpha value is -1.61. The lowest BCUT2D eigenvalue weighted by Gasteiger charge is -2.11. The molecule has 1 aliphatic carbocycles. The van der Waals surface area contributed by atoms with Crippen molar-refractivity contribution in [1.29, 1.82) is 0 Å². The van der Waals surface area contributed by atoms with Crippen LogP contribution in [0.5, 0.6) is 0 Å². The van der Waals surface area contributed by atoms with Gasteiger partial charge in [-0.25, -0.2) is 4.68 Å². The molecular weight excluding hydrogens is 222 g/mol. The Morgan fingerprint density at radius 1 is 1.33 bits per heavy atom. The lowest BCUT2D eigenvalue weighted by Crippen LogP contribution is -2.09. The first-order valence-electron chi connectivity index (χ1n) is 6.58. The highest BCUT2D eigenvalue weighted by atomic mass is 15.3. The third-order valence-electron chi connectivity index (χ3n) is 3.56. The molecule has 94 valence electrons. The zero-order valence-corrected chi connectivity index (χ0v) is 11.0. The van der Waals surface area contributed by atoms with Gasteiger partial charge in [0.05, 0.1) is 17.6 Å². The third-order valence-corrected chi connectivity index (χ3v) is 3.56. The summed E-state index contributed by atoms with van der Waals surface area (Å²) in [5, 5.41) is 7.84. The zero-order valence-electron chi connectivity index (χ0n) is 11.0. The van der Waals surface area contributed by atoms with E-state index in [1.807, 2.05) is 13.2 Å². The quantitative estimate of drug-likeness (QED) is 0.892. The van der Waals surface area contributed by atoms with Gasteiger partial charge in [-0.3, -0.25) is 0 Å². The zero-order chi connectivity index (χ0) is 12.5. The minimum absolute atomic E-state index is 0.704. The number of hydrogen-bond acceptors (Lipinski definition) is 2. The molecule has 1 N–H and O–H groups in total. The molecule has 1 fully saturated rings. The molecule has 1 saturated carbocycles. The highest BCUT2D eigenvalue weighted by Crippen LogP contribution is 2.42. The van der Waals surface area contributed by atoms with Gasteiger partial charge in [0.1, 0.15) is 0 Å². The van der Waals surface area contributed by atoms with Crippen molar-refractivity contribution >= 4 is 0 Å². The summed E-state index contributed by atoms with van der Waals surface area (Å²) in [6.07, 6.45) is 4.61. The lowest BCUT2D eigenvalue weighted by atomic mass is 10.1. The monoisotopic (exact) mass is 241 g/mol. The average molecular weight is 241 g/mol. The van der Waals surface area contributed by atoms with Gasteiger partial charge >= 0.3 is 0 Å². The van der Waals surface area contributed by atoms with E-state index < -0.39 is 0 Å². The summed E-state index contributed by atoms with van der Waals surface area (Å²) in [5.74, 6) is 0.704. The van der Waals surface area contributed by atoms with Crippen LogP contribution in [0.3, 0.4) is 0 Å². The van der Waals surface area contributed by atoms with Crippen molar-refractivity contribution in [2.45, 2.75) is 32.2 Å². The smallest absolute Gasteiger partial charge is 0.0678 e. The van der Waals surface area contributed by atoms with E-state index >= 15 is 0 Å². The van der Waals surface area contributed by atoms with E-state index in [-0.39, 0.29) is 0 Å². The number of nitrogens with one attached hydrogen (secondary N) is 1. The molecule has 2 aromatic rings. The Morgan fingerprint density at radius 3 is 2.78 bits per heavy atom.